The van der Waals surface area contributed by atoms with Gasteiger partial charge in [0.1, 0.15) is 0 Å². The van der Waals surface area contributed by atoms with E-state index in [4.69, 9.17) is 0 Å². The van der Waals surface area contributed by atoms with Crippen molar-refractivity contribution >= 4 is 33.0 Å². The summed E-state index contributed by atoms with van der Waals surface area (Å²) >= 11 is 0. The minimum absolute atomic E-state index is 0.0258. The van der Waals surface area contributed by atoms with Gasteiger partial charge >= 0.3 is 0 Å². The molecule has 0 bridgehead atoms. The zero-order valence-corrected chi connectivity index (χ0v) is 15.9. The van der Waals surface area contributed by atoms with Crippen LogP contribution in [0.2, 0.25) is 0 Å². The summed E-state index contributed by atoms with van der Waals surface area (Å²) in [6, 6.07) is 20.0. The fourth-order valence-electron chi connectivity index (χ4n) is 2.60. The number of amides is 1. The van der Waals surface area contributed by atoms with E-state index >= 15 is 0 Å². The molecule has 9 heteroatoms. The van der Waals surface area contributed by atoms with Gasteiger partial charge in [0.15, 0.2) is 0 Å². The second-order valence-electron chi connectivity index (χ2n) is 6.15. The lowest BCUT2D eigenvalue weighted by molar-refractivity contribution is -0.384. The van der Waals surface area contributed by atoms with Crippen LogP contribution < -0.4 is 10.0 Å². The number of benzene rings is 3. The maximum Gasteiger partial charge on any atom is 0.269 e. The maximum atomic E-state index is 12.4. The number of rotatable bonds is 7. The lowest BCUT2D eigenvalue weighted by atomic mass is 10.1. The second kappa shape index (κ2) is 8.53. The third-order valence-corrected chi connectivity index (χ3v) is 5.36. The van der Waals surface area contributed by atoms with Crippen LogP contribution in [0.15, 0.2) is 83.8 Å². The number of non-ortho nitro benzene ring substituents is 1. The molecular formula is C20H17N3O5S. The summed E-state index contributed by atoms with van der Waals surface area (Å²) in [5.41, 5.74) is 1.30. The quantitative estimate of drug-likeness (QED) is 0.455. The Labute approximate surface area is 167 Å². The SMILES string of the molecule is O=C(Cc1ccc([N+](=O)[O-])cc1)Nc1cccc(NS(=O)(=O)c2ccccc2)c1. The number of carbonyl (C=O) groups excluding carboxylic acids is 1. The Balaban J connectivity index is 1.66. The minimum Gasteiger partial charge on any atom is -0.326 e. The molecule has 0 heterocycles. The van der Waals surface area contributed by atoms with Crippen molar-refractivity contribution < 1.29 is 18.1 Å². The van der Waals surface area contributed by atoms with E-state index in [1.807, 2.05) is 0 Å². The Morgan fingerprint density at radius 1 is 0.897 bits per heavy atom. The first-order chi connectivity index (χ1) is 13.8. The van der Waals surface area contributed by atoms with Gasteiger partial charge in [-0.15, -0.1) is 0 Å². The lowest BCUT2D eigenvalue weighted by Gasteiger charge is -2.10. The number of nitrogens with zero attached hydrogens (tertiary/aromatic N) is 1. The fraction of sp³-hybridized carbons (Fsp3) is 0.0500. The molecule has 0 aliphatic carbocycles. The molecule has 0 unspecified atom stereocenters. The van der Waals surface area contributed by atoms with E-state index in [-0.39, 0.29) is 22.9 Å². The smallest absolute Gasteiger partial charge is 0.269 e. The molecule has 0 radical (unpaired) electrons. The predicted molar refractivity (Wildman–Crippen MR) is 109 cm³/mol. The van der Waals surface area contributed by atoms with Crippen molar-refractivity contribution in [2.45, 2.75) is 11.3 Å². The van der Waals surface area contributed by atoms with Gasteiger partial charge in [-0.05, 0) is 35.9 Å². The Bertz CT molecular complexity index is 1130. The molecule has 3 aromatic carbocycles. The van der Waals surface area contributed by atoms with Gasteiger partial charge in [-0.2, -0.15) is 0 Å². The monoisotopic (exact) mass is 411 g/mol. The highest BCUT2D eigenvalue weighted by atomic mass is 32.2. The molecule has 29 heavy (non-hydrogen) atoms. The van der Waals surface area contributed by atoms with Crippen LogP contribution in [-0.4, -0.2) is 19.2 Å². The molecule has 0 aliphatic rings. The fourth-order valence-corrected chi connectivity index (χ4v) is 3.67. The van der Waals surface area contributed by atoms with Crippen LogP contribution in [0, 0.1) is 10.1 Å². The molecular weight excluding hydrogens is 394 g/mol. The molecule has 3 rings (SSSR count). The summed E-state index contributed by atoms with van der Waals surface area (Å²) in [6.07, 6.45) is 0.0258. The summed E-state index contributed by atoms with van der Waals surface area (Å²) in [4.78, 5) is 22.5. The molecule has 2 N–H and O–H groups in total. The highest BCUT2D eigenvalue weighted by Gasteiger charge is 2.14. The van der Waals surface area contributed by atoms with Crippen molar-refractivity contribution in [3.8, 4) is 0 Å². The molecule has 0 atom stereocenters. The lowest BCUT2D eigenvalue weighted by Crippen LogP contribution is -2.15. The van der Waals surface area contributed by atoms with Crippen molar-refractivity contribution in [2.24, 2.45) is 0 Å². The van der Waals surface area contributed by atoms with E-state index in [1.165, 1.54) is 42.5 Å². The minimum atomic E-state index is -3.74. The van der Waals surface area contributed by atoms with E-state index in [0.717, 1.165) is 0 Å². The molecule has 148 valence electrons. The molecule has 0 aliphatic heterocycles. The molecule has 0 saturated heterocycles. The van der Waals surface area contributed by atoms with Gasteiger partial charge in [-0.1, -0.05) is 36.4 Å². The number of nitro benzene ring substituents is 1. The summed E-state index contributed by atoms with van der Waals surface area (Å²) in [5.74, 6) is -0.332. The van der Waals surface area contributed by atoms with Crippen LogP contribution in [0.5, 0.6) is 0 Å². The van der Waals surface area contributed by atoms with E-state index in [2.05, 4.69) is 10.0 Å². The summed E-state index contributed by atoms with van der Waals surface area (Å²) < 4.78 is 27.3. The number of nitrogens with one attached hydrogen (secondary N) is 2. The van der Waals surface area contributed by atoms with Gasteiger partial charge in [0, 0.05) is 17.8 Å². The van der Waals surface area contributed by atoms with Gasteiger partial charge in [0.2, 0.25) is 5.91 Å². The largest absolute Gasteiger partial charge is 0.326 e. The summed E-state index contributed by atoms with van der Waals surface area (Å²) in [7, 11) is -3.74. The number of sulfonamides is 1. The van der Waals surface area contributed by atoms with Crippen molar-refractivity contribution in [3.05, 3.63) is 94.5 Å². The molecule has 0 saturated carbocycles. The first-order valence-corrected chi connectivity index (χ1v) is 10.0. The van der Waals surface area contributed by atoms with Crippen LogP contribution in [-0.2, 0) is 21.2 Å². The Morgan fingerprint density at radius 3 is 2.21 bits per heavy atom. The number of nitro groups is 1. The van der Waals surface area contributed by atoms with Gasteiger partial charge in [-0.3, -0.25) is 19.6 Å². The molecule has 0 fully saturated rings. The normalized spacial score (nSPS) is 10.9. The summed E-state index contributed by atoms with van der Waals surface area (Å²) in [5, 5.41) is 13.4. The molecule has 1 amide bonds. The van der Waals surface area contributed by atoms with E-state index in [1.54, 1.807) is 36.4 Å². The second-order valence-corrected chi connectivity index (χ2v) is 7.83. The highest BCUT2D eigenvalue weighted by Crippen LogP contribution is 2.20. The van der Waals surface area contributed by atoms with E-state index < -0.39 is 14.9 Å². The third kappa shape index (κ3) is 5.39. The number of hydrogen-bond acceptors (Lipinski definition) is 5. The number of carbonyl (C=O) groups is 1. The third-order valence-electron chi connectivity index (χ3n) is 3.96. The first kappa shape index (κ1) is 20.0. The van der Waals surface area contributed by atoms with Crippen LogP contribution in [0.25, 0.3) is 0 Å². The Kier molecular flexibility index (Phi) is 5.89. The predicted octanol–water partition coefficient (Wildman–Crippen LogP) is 3.58. The van der Waals surface area contributed by atoms with E-state index in [0.29, 0.717) is 16.9 Å². The average Bonchev–Trinajstić information content (AvgIpc) is 2.69. The average molecular weight is 411 g/mol. The van der Waals surface area contributed by atoms with Crippen LogP contribution >= 0.6 is 0 Å². The zero-order chi connectivity index (χ0) is 20.9. The van der Waals surface area contributed by atoms with Gasteiger partial charge in [-0.25, -0.2) is 8.42 Å². The van der Waals surface area contributed by atoms with Gasteiger partial charge < -0.3 is 5.32 Å². The Morgan fingerprint density at radius 2 is 1.55 bits per heavy atom. The summed E-state index contributed by atoms with van der Waals surface area (Å²) in [6.45, 7) is 0. The highest BCUT2D eigenvalue weighted by molar-refractivity contribution is 7.92. The van der Waals surface area contributed by atoms with Crippen LogP contribution in [0.1, 0.15) is 5.56 Å². The topological polar surface area (TPSA) is 118 Å². The first-order valence-electron chi connectivity index (χ1n) is 8.54. The van der Waals surface area contributed by atoms with Crippen molar-refractivity contribution in [1.82, 2.24) is 0 Å². The van der Waals surface area contributed by atoms with Gasteiger partial charge in [0.25, 0.3) is 15.7 Å². The Hall–Kier alpha value is -3.72. The standard InChI is InChI=1S/C20H17N3O5S/c24-20(13-15-9-11-18(12-10-15)23(25)26)21-16-5-4-6-17(14-16)22-29(27,28)19-7-2-1-3-8-19/h1-12,14,22H,13H2,(H,21,24). The molecule has 0 aromatic heterocycles. The van der Waals surface area contributed by atoms with E-state index in [9.17, 15) is 23.3 Å². The van der Waals surface area contributed by atoms with Gasteiger partial charge in [0.05, 0.1) is 21.9 Å². The van der Waals surface area contributed by atoms with Crippen LogP contribution in [0.3, 0.4) is 0 Å². The molecule has 8 nitrogen and oxygen atoms in total. The zero-order valence-electron chi connectivity index (χ0n) is 15.1. The molecule has 0 spiro atoms. The molecule has 3 aromatic rings. The van der Waals surface area contributed by atoms with Crippen molar-refractivity contribution in [3.63, 3.8) is 0 Å². The van der Waals surface area contributed by atoms with Crippen LogP contribution in [0.4, 0.5) is 17.1 Å². The number of hydrogen-bond donors (Lipinski definition) is 2. The van der Waals surface area contributed by atoms with Crippen molar-refractivity contribution in [2.75, 3.05) is 10.0 Å². The van der Waals surface area contributed by atoms with Crippen molar-refractivity contribution in [1.29, 1.82) is 0 Å². The number of anilines is 2. The maximum absolute atomic E-state index is 12.4.